The van der Waals surface area contributed by atoms with E-state index in [2.05, 4.69) is 24.4 Å². The number of ether oxygens (including phenoxy) is 2. The first-order chi connectivity index (χ1) is 12.3. The van der Waals surface area contributed by atoms with Gasteiger partial charge in [0.15, 0.2) is 0 Å². The molecule has 4 rings (SSSR count). The predicted molar refractivity (Wildman–Crippen MR) is 99.2 cm³/mol. The van der Waals surface area contributed by atoms with Crippen molar-refractivity contribution in [3.8, 4) is 33.9 Å². The van der Waals surface area contributed by atoms with E-state index in [-0.39, 0.29) is 0 Å². The van der Waals surface area contributed by atoms with Crippen LogP contribution in [0.4, 0.5) is 0 Å². The van der Waals surface area contributed by atoms with Gasteiger partial charge >= 0.3 is 0 Å². The van der Waals surface area contributed by atoms with Gasteiger partial charge in [0.1, 0.15) is 17.1 Å². The van der Waals surface area contributed by atoms with Crippen molar-refractivity contribution in [1.29, 1.82) is 0 Å². The molecule has 124 valence electrons. The SMILES string of the molecule is COc1ccc(-c2cn3cc(-c4ccccc4)ccc3n2)c(OC)c1. The van der Waals surface area contributed by atoms with E-state index in [4.69, 9.17) is 14.5 Å². The Kier molecular flexibility index (Phi) is 3.86. The molecule has 0 unspecified atom stereocenters. The van der Waals surface area contributed by atoms with Crippen LogP contribution in [-0.4, -0.2) is 23.6 Å². The van der Waals surface area contributed by atoms with Gasteiger partial charge in [0.2, 0.25) is 0 Å². The standard InChI is InChI=1S/C21H18N2O2/c1-24-17-9-10-18(20(12-17)25-2)19-14-23-13-16(8-11-21(23)22-19)15-6-4-3-5-7-15/h3-14H,1-2H3. The molecule has 0 N–H and O–H groups in total. The number of benzene rings is 2. The summed E-state index contributed by atoms with van der Waals surface area (Å²) in [7, 11) is 3.30. The van der Waals surface area contributed by atoms with Crippen LogP contribution in [0.15, 0.2) is 73.1 Å². The average Bonchev–Trinajstić information content (AvgIpc) is 3.11. The molecule has 0 spiro atoms. The second-order valence-corrected chi connectivity index (χ2v) is 5.74. The maximum atomic E-state index is 5.50. The summed E-state index contributed by atoms with van der Waals surface area (Å²) in [5.41, 5.74) is 5.03. The van der Waals surface area contributed by atoms with Crippen LogP contribution >= 0.6 is 0 Å². The molecule has 2 aromatic carbocycles. The van der Waals surface area contributed by atoms with Crippen molar-refractivity contribution in [2.75, 3.05) is 14.2 Å². The number of rotatable bonds is 4. The van der Waals surface area contributed by atoms with Crippen molar-refractivity contribution in [2.45, 2.75) is 0 Å². The zero-order valence-electron chi connectivity index (χ0n) is 14.1. The molecule has 0 saturated carbocycles. The van der Waals surface area contributed by atoms with Gasteiger partial charge in [-0.25, -0.2) is 4.98 Å². The minimum Gasteiger partial charge on any atom is -0.497 e. The molecule has 4 heteroatoms. The number of methoxy groups -OCH3 is 2. The van der Waals surface area contributed by atoms with E-state index in [0.717, 1.165) is 34.0 Å². The number of pyridine rings is 1. The average molecular weight is 330 g/mol. The van der Waals surface area contributed by atoms with Crippen molar-refractivity contribution in [1.82, 2.24) is 9.38 Å². The van der Waals surface area contributed by atoms with E-state index in [1.54, 1.807) is 14.2 Å². The second kappa shape index (κ2) is 6.32. The predicted octanol–water partition coefficient (Wildman–Crippen LogP) is 4.69. The summed E-state index contributed by atoms with van der Waals surface area (Å²) in [6.45, 7) is 0. The highest BCUT2D eigenvalue weighted by atomic mass is 16.5. The van der Waals surface area contributed by atoms with E-state index in [9.17, 15) is 0 Å². The minimum absolute atomic E-state index is 0.742. The third-order valence-corrected chi connectivity index (χ3v) is 4.24. The summed E-state index contributed by atoms with van der Waals surface area (Å²) < 4.78 is 12.8. The quantitative estimate of drug-likeness (QED) is 0.545. The van der Waals surface area contributed by atoms with Crippen LogP contribution in [0, 0.1) is 0 Å². The first-order valence-corrected chi connectivity index (χ1v) is 8.05. The first-order valence-electron chi connectivity index (χ1n) is 8.05. The summed E-state index contributed by atoms with van der Waals surface area (Å²) in [6.07, 6.45) is 4.11. The molecule has 2 heterocycles. The minimum atomic E-state index is 0.742. The summed E-state index contributed by atoms with van der Waals surface area (Å²) in [5, 5.41) is 0. The van der Waals surface area contributed by atoms with E-state index in [0.29, 0.717) is 0 Å². The molecule has 25 heavy (non-hydrogen) atoms. The summed E-state index contributed by atoms with van der Waals surface area (Å²) >= 11 is 0. The number of hydrogen-bond donors (Lipinski definition) is 0. The lowest BCUT2D eigenvalue weighted by Gasteiger charge is -2.08. The lowest BCUT2D eigenvalue weighted by molar-refractivity contribution is 0.395. The lowest BCUT2D eigenvalue weighted by Crippen LogP contribution is -1.90. The fraction of sp³-hybridized carbons (Fsp3) is 0.0952. The van der Waals surface area contributed by atoms with Gasteiger partial charge in [-0.15, -0.1) is 0 Å². The van der Waals surface area contributed by atoms with Gasteiger partial charge in [0, 0.05) is 24.0 Å². The van der Waals surface area contributed by atoms with Gasteiger partial charge < -0.3 is 13.9 Å². The van der Waals surface area contributed by atoms with Gasteiger partial charge in [-0.05, 0) is 35.4 Å². The van der Waals surface area contributed by atoms with Crippen molar-refractivity contribution in [3.05, 3.63) is 73.1 Å². The Bertz CT molecular complexity index is 1020. The molecule has 0 fully saturated rings. The lowest BCUT2D eigenvalue weighted by atomic mass is 10.1. The first kappa shape index (κ1) is 15.3. The van der Waals surface area contributed by atoms with E-state index >= 15 is 0 Å². The summed E-state index contributed by atoms with van der Waals surface area (Å²) in [4.78, 5) is 4.72. The molecule has 4 aromatic rings. The third-order valence-electron chi connectivity index (χ3n) is 4.24. The van der Waals surface area contributed by atoms with Crippen LogP contribution in [0.25, 0.3) is 28.0 Å². The Balaban J connectivity index is 1.80. The van der Waals surface area contributed by atoms with E-state index in [1.807, 2.05) is 53.1 Å². The number of aromatic nitrogens is 2. The van der Waals surface area contributed by atoms with Gasteiger partial charge in [-0.2, -0.15) is 0 Å². The van der Waals surface area contributed by atoms with Crippen molar-refractivity contribution < 1.29 is 9.47 Å². The largest absolute Gasteiger partial charge is 0.497 e. The highest BCUT2D eigenvalue weighted by molar-refractivity contribution is 5.72. The summed E-state index contributed by atoms with van der Waals surface area (Å²) in [5.74, 6) is 1.50. The Morgan fingerprint density at radius 2 is 1.64 bits per heavy atom. The third kappa shape index (κ3) is 2.83. The molecule has 0 amide bonds. The summed E-state index contributed by atoms with van der Waals surface area (Å²) in [6, 6.07) is 20.2. The number of imidazole rings is 1. The van der Waals surface area contributed by atoms with E-state index < -0.39 is 0 Å². The molecule has 0 atom stereocenters. The van der Waals surface area contributed by atoms with Crippen LogP contribution in [0.1, 0.15) is 0 Å². The van der Waals surface area contributed by atoms with Gasteiger partial charge in [-0.1, -0.05) is 30.3 Å². The molecular formula is C21H18N2O2. The van der Waals surface area contributed by atoms with Crippen molar-refractivity contribution in [3.63, 3.8) is 0 Å². The van der Waals surface area contributed by atoms with Crippen LogP contribution < -0.4 is 9.47 Å². The monoisotopic (exact) mass is 330 g/mol. The molecule has 4 nitrogen and oxygen atoms in total. The highest BCUT2D eigenvalue weighted by Gasteiger charge is 2.11. The molecular weight excluding hydrogens is 312 g/mol. The van der Waals surface area contributed by atoms with Gasteiger partial charge in [-0.3, -0.25) is 0 Å². The highest BCUT2D eigenvalue weighted by Crippen LogP contribution is 2.33. The normalized spacial score (nSPS) is 10.8. The van der Waals surface area contributed by atoms with Crippen LogP contribution in [0.3, 0.4) is 0 Å². The maximum absolute atomic E-state index is 5.50. The zero-order valence-corrected chi connectivity index (χ0v) is 14.1. The molecule has 0 aliphatic rings. The zero-order chi connectivity index (χ0) is 17.2. The Morgan fingerprint density at radius 1 is 0.800 bits per heavy atom. The molecule has 2 aromatic heterocycles. The fourth-order valence-electron chi connectivity index (χ4n) is 2.93. The number of nitrogens with zero attached hydrogens (tertiary/aromatic N) is 2. The maximum Gasteiger partial charge on any atom is 0.137 e. The van der Waals surface area contributed by atoms with Crippen LogP contribution in [-0.2, 0) is 0 Å². The topological polar surface area (TPSA) is 35.8 Å². The van der Waals surface area contributed by atoms with Gasteiger partial charge in [0.25, 0.3) is 0 Å². The molecule has 0 radical (unpaired) electrons. The van der Waals surface area contributed by atoms with Crippen molar-refractivity contribution >= 4 is 5.65 Å². The van der Waals surface area contributed by atoms with Crippen LogP contribution in [0.2, 0.25) is 0 Å². The molecule has 0 bridgehead atoms. The molecule has 0 saturated heterocycles. The van der Waals surface area contributed by atoms with E-state index in [1.165, 1.54) is 5.56 Å². The molecule has 0 aliphatic carbocycles. The smallest absolute Gasteiger partial charge is 0.137 e. The Hall–Kier alpha value is -3.27. The number of hydrogen-bond acceptors (Lipinski definition) is 3. The number of fused-ring (bicyclic) bond motifs is 1. The van der Waals surface area contributed by atoms with Crippen LogP contribution in [0.5, 0.6) is 11.5 Å². The van der Waals surface area contributed by atoms with Crippen molar-refractivity contribution in [2.24, 2.45) is 0 Å². The fourth-order valence-corrected chi connectivity index (χ4v) is 2.93. The molecule has 0 aliphatic heterocycles. The Morgan fingerprint density at radius 3 is 2.40 bits per heavy atom. The van der Waals surface area contributed by atoms with Gasteiger partial charge in [0.05, 0.1) is 19.9 Å². The second-order valence-electron chi connectivity index (χ2n) is 5.74. The Labute approximate surface area is 146 Å².